The van der Waals surface area contributed by atoms with Crippen molar-refractivity contribution in [1.29, 1.82) is 0 Å². The van der Waals surface area contributed by atoms with E-state index in [1.54, 1.807) is 6.92 Å². The molecule has 0 saturated heterocycles. The summed E-state index contributed by atoms with van der Waals surface area (Å²) in [5.74, 6) is -2.84. The van der Waals surface area contributed by atoms with Crippen LogP contribution in [-0.4, -0.2) is 33.4 Å². The van der Waals surface area contributed by atoms with Crippen molar-refractivity contribution in [3.05, 3.63) is 59.4 Å². The van der Waals surface area contributed by atoms with Gasteiger partial charge in [-0.3, -0.25) is 14.3 Å². The highest BCUT2D eigenvalue weighted by molar-refractivity contribution is 7.92. The first-order valence-electron chi connectivity index (χ1n) is 8.37. The minimum atomic E-state index is -5.00. The predicted molar refractivity (Wildman–Crippen MR) is 97.6 cm³/mol. The molecule has 0 aliphatic carbocycles. The number of hydrogen-bond acceptors (Lipinski definition) is 5. The summed E-state index contributed by atoms with van der Waals surface area (Å²) in [6.07, 6.45) is -5.00. The highest BCUT2D eigenvalue weighted by atomic mass is 32.2. The van der Waals surface area contributed by atoms with Crippen LogP contribution in [-0.2, 0) is 25.7 Å². The molecule has 0 bridgehead atoms. The number of ether oxygens (including phenoxy) is 1. The van der Waals surface area contributed by atoms with E-state index in [9.17, 15) is 35.6 Å². The van der Waals surface area contributed by atoms with Gasteiger partial charge in [-0.15, -0.1) is 0 Å². The van der Waals surface area contributed by atoms with E-state index in [1.807, 2.05) is 4.72 Å². The van der Waals surface area contributed by atoms with E-state index in [1.165, 1.54) is 0 Å². The number of benzene rings is 2. The Labute approximate surface area is 169 Å². The van der Waals surface area contributed by atoms with E-state index in [0.29, 0.717) is 12.1 Å². The Hall–Kier alpha value is -3.15. The Kier molecular flexibility index (Phi) is 7.03. The highest BCUT2D eigenvalue weighted by Gasteiger charge is 2.34. The maximum Gasteiger partial charge on any atom is 0.419 e. The molecule has 0 aliphatic rings. The zero-order valence-corrected chi connectivity index (χ0v) is 16.2. The van der Waals surface area contributed by atoms with Gasteiger partial charge >= 0.3 is 12.1 Å². The molecule has 2 aromatic carbocycles. The second-order valence-corrected chi connectivity index (χ2v) is 7.49. The number of alkyl halides is 3. The zero-order valence-electron chi connectivity index (χ0n) is 15.4. The van der Waals surface area contributed by atoms with Crippen molar-refractivity contribution in [3.8, 4) is 0 Å². The Bertz CT molecular complexity index is 1040. The van der Waals surface area contributed by atoms with Crippen LogP contribution in [0.2, 0.25) is 0 Å². The van der Waals surface area contributed by atoms with E-state index < -0.39 is 45.1 Å². The van der Waals surface area contributed by atoms with Gasteiger partial charge in [-0.1, -0.05) is 0 Å². The van der Waals surface area contributed by atoms with E-state index in [2.05, 4.69) is 10.1 Å². The summed E-state index contributed by atoms with van der Waals surface area (Å²) in [7, 11) is -4.31. The largest absolute Gasteiger partial charge is 0.465 e. The Balaban J connectivity index is 2.14. The first kappa shape index (κ1) is 23.1. The van der Waals surface area contributed by atoms with E-state index >= 15 is 0 Å². The van der Waals surface area contributed by atoms with Crippen LogP contribution in [0.15, 0.2) is 47.4 Å². The van der Waals surface area contributed by atoms with Gasteiger partial charge in [-0.25, -0.2) is 12.8 Å². The van der Waals surface area contributed by atoms with Crippen molar-refractivity contribution in [2.24, 2.45) is 0 Å². The molecule has 0 spiro atoms. The molecule has 7 nitrogen and oxygen atoms in total. The molecule has 0 heterocycles. The highest BCUT2D eigenvalue weighted by Crippen LogP contribution is 2.33. The second-order valence-electron chi connectivity index (χ2n) is 5.81. The van der Waals surface area contributed by atoms with Gasteiger partial charge in [0, 0.05) is 11.3 Å². The monoisotopic (exact) mass is 448 g/mol. The maximum absolute atomic E-state index is 13.3. The predicted octanol–water partition coefficient (Wildman–Crippen LogP) is 2.94. The third kappa shape index (κ3) is 5.92. The number of esters is 1. The van der Waals surface area contributed by atoms with Crippen molar-refractivity contribution in [2.75, 3.05) is 17.9 Å². The summed E-state index contributed by atoms with van der Waals surface area (Å²) in [6, 6.07) is 6.09. The lowest BCUT2D eigenvalue weighted by Crippen LogP contribution is -2.30. The topological polar surface area (TPSA) is 102 Å². The first-order chi connectivity index (χ1) is 13.9. The minimum absolute atomic E-state index is 0.0411. The zero-order chi connectivity index (χ0) is 22.5. The number of hydrogen-bond donors (Lipinski definition) is 2. The van der Waals surface area contributed by atoms with Crippen LogP contribution < -0.4 is 10.0 Å². The Morgan fingerprint density at radius 1 is 1.07 bits per heavy atom. The lowest BCUT2D eigenvalue weighted by atomic mass is 10.2. The summed E-state index contributed by atoms with van der Waals surface area (Å²) in [4.78, 5) is 22.8. The van der Waals surface area contributed by atoms with E-state index in [4.69, 9.17) is 0 Å². The van der Waals surface area contributed by atoms with Crippen molar-refractivity contribution < 1.29 is 40.3 Å². The lowest BCUT2D eigenvalue weighted by Gasteiger charge is -2.12. The van der Waals surface area contributed by atoms with E-state index in [0.717, 1.165) is 30.3 Å². The van der Waals surface area contributed by atoms with Crippen LogP contribution in [0.4, 0.5) is 23.2 Å². The third-order valence-electron chi connectivity index (χ3n) is 3.65. The van der Waals surface area contributed by atoms with Gasteiger partial charge < -0.3 is 10.1 Å². The molecule has 162 valence electrons. The maximum atomic E-state index is 13.3. The third-order valence-corrected chi connectivity index (χ3v) is 5.05. The molecule has 0 saturated carbocycles. The molecule has 1 amide bonds. The molecule has 0 aliphatic heterocycles. The van der Waals surface area contributed by atoms with Gasteiger partial charge in [0.25, 0.3) is 15.9 Å². The molecule has 2 N–H and O–H groups in total. The molecule has 2 aromatic rings. The second kappa shape index (κ2) is 9.11. The molecule has 0 atom stereocenters. The number of nitrogens with one attached hydrogen (secondary N) is 2. The number of rotatable bonds is 7. The molecular weight excluding hydrogens is 432 g/mol. The number of sulfonamides is 1. The Morgan fingerprint density at radius 2 is 1.70 bits per heavy atom. The first-order valence-corrected chi connectivity index (χ1v) is 9.86. The van der Waals surface area contributed by atoms with Gasteiger partial charge in [-0.05, 0) is 49.4 Å². The van der Waals surface area contributed by atoms with Crippen LogP contribution >= 0.6 is 0 Å². The Morgan fingerprint density at radius 3 is 2.27 bits per heavy atom. The number of anilines is 1. The number of halogens is 4. The van der Waals surface area contributed by atoms with Crippen LogP contribution in [0, 0.1) is 5.82 Å². The fourth-order valence-corrected chi connectivity index (χ4v) is 3.32. The smallest absolute Gasteiger partial charge is 0.419 e. The standard InChI is InChI=1S/C18H16F4N2O5S/c1-2-29-16(25)10-23-17(26)11-3-6-13(7-4-11)30(27,28)24-12-5-8-15(19)14(9-12)18(20,21)22/h3-9,24H,2,10H2,1H3,(H,23,26). The fraction of sp³-hybridized carbons (Fsp3) is 0.222. The lowest BCUT2D eigenvalue weighted by molar-refractivity contribution is -0.142. The number of amides is 1. The van der Waals surface area contributed by atoms with Gasteiger partial charge in [0.1, 0.15) is 12.4 Å². The van der Waals surface area contributed by atoms with E-state index in [-0.39, 0.29) is 23.6 Å². The summed E-state index contributed by atoms with van der Waals surface area (Å²) < 4.78 is 83.0. The van der Waals surface area contributed by atoms with Crippen molar-refractivity contribution in [3.63, 3.8) is 0 Å². The van der Waals surface area contributed by atoms with Gasteiger partial charge in [0.05, 0.1) is 17.1 Å². The molecule has 2 rings (SSSR count). The van der Waals surface area contributed by atoms with Crippen molar-refractivity contribution in [1.82, 2.24) is 5.32 Å². The molecule has 0 unspecified atom stereocenters. The minimum Gasteiger partial charge on any atom is -0.465 e. The number of carbonyl (C=O) groups excluding carboxylic acids is 2. The van der Waals surface area contributed by atoms with Crippen LogP contribution in [0.1, 0.15) is 22.8 Å². The van der Waals surface area contributed by atoms with Gasteiger partial charge in [0.15, 0.2) is 0 Å². The molecular formula is C18H16F4N2O5S. The van der Waals surface area contributed by atoms with Crippen LogP contribution in [0.5, 0.6) is 0 Å². The average Bonchev–Trinajstić information content (AvgIpc) is 2.67. The summed E-state index contributed by atoms with van der Waals surface area (Å²) in [5, 5.41) is 2.29. The quantitative estimate of drug-likeness (QED) is 0.501. The summed E-state index contributed by atoms with van der Waals surface area (Å²) in [6.45, 7) is 1.37. The molecule has 0 aromatic heterocycles. The average molecular weight is 448 g/mol. The van der Waals surface area contributed by atoms with Crippen LogP contribution in [0.3, 0.4) is 0 Å². The molecule has 30 heavy (non-hydrogen) atoms. The van der Waals surface area contributed by atoms with Crippen LogP contribution in [0.25, 0.3) is 0 Å². The summed E-state index contributed by atoms with van der Waals surface area (Å²) in [5.41, 5.74) is -2.06. The van der Waals surface area contributed by atoms with Gasteiger partial charge in [0.2, 0.25) is 0 Å². The SMILES string of the molecule is CCOC(=O)CNC(=O)c1ccc(S(=O)(=O)Nc2ccc(F)c(C(F)(F)F)c2)cc1. The molecule has 12 heteroatoms. The fourth-order valence-electron chi connectivity index (χ4n) is 2.27. The van der Waals surface area contributed by atoms with Gasteiger partial charge in [-0.2, -0.15) is 13.2 Å². The summed E-state index contributed by atoms with van der Waals surface area (Å²) >= 11 is 0. The van der Waals surface area contributed by atoms with Crippen molar-refractivity contribution >= 4 is 27.6 Å². The molecule has 0 radical (unpaired) electrons. The van der Waals surface area contributed by atoms with Crippen molar-refractivity contribution in [2.45, 2.75) is 18.0 Å². The normalized spacial score (nSPS) is 11.6. The molecule has 0 fully saturated rings. The number of carbonyl (C=O) groups is 2.